The van der Waals surface area contributed by atoms with Gasteiger partial charge in [-0.05, 0) is 12.8 Å². The monoisotopic (exact) mass is 284 g/mol. The summed E-state index contributed by atoms with van der Waals surface area (Å²) in [5, 5.41) is 10.8. The van der Waals surface area contributed by atoms with Gasteiger partial charge >= 0.3 is 5.97 Å². The van der Waals surface area contributed by atoms with E-state index in [-0.39, 0.29) is 5.92 Å². The summed E-state index contributed by atoms with van der Waals surface area (Å²) < 4.78 is 0. The van der Waals surface area contributed by atoms with Gasteiger partial charge in [-0.2, -0.15) is 11.8 Å². The molecule has 1 aliphatic carbocycles. The topological polar surface area (TPSA) is 53.4 Å². The molecule has 2 aliphatic rings. The molecular formula is C12H16N2O2S2. The van der Waals surface area contributed by atoms with Crippen LogP contribution in [0.15, 0.2) is 0 Å². The van der Waals surface area contributed by atoms with E-state index in [4.69, 9.17) is 5.11 Å². The van der Waals surface area contributed by atoms with Crippen LogP contribution in [0.5, 0.6) is 0 Å². The number of carboxylic acids is 1. The third-order valence-electron chi connectivity index (χ3n) is 3.52. The number of carbonyl (C=O) groups is 1. The lowest BCUT2D eigenvalue weighted by Gasteiger charge is -2.30. The van der Waals surface area contributed by atoms with Gasteiger partial charge in [0, 0.05) is 29.0 Å². The van der Waals surface area contributed by atoms with Crippen LogP contribution in [0, 0.1) is 0 Å². The number of hydrogen-bond acceptors (Lipinski definition) is 5. The van der Waals surface area contributed by atoms with Crippen molar-refractivity contribution in [1.82, 2.24) is 4.98 Å². The van der Waals surface area contributed by atoms with Crippen LogP contribution in [0.1, 0.15) is 29.8 Å². The van der Waals surface area contributed by atoms with Gasteiger partial charge in [0.25, 0.3) is 0 Å². The van der Waals surface area contributed by atoms with Crippen LogP contribution in [-0.2, 0) is 11.2 Å². The Kier molecular flexibility index (Phi) is 3.23. The fourth-order valence-corrected chi connectivity index (χ4v) is 4.77. The molecule has 0 spiro atoms. The van der Waals surface area contributed by atoms with Gasteiger partial charge in [0.2, 0.25) is 0 Å². The van der Waals surface area contributed by atoms with Crippen LogP contribution in [-0.4, -0.2) is 40.2 Å². The highest BCUT2D eigenvalue weighted by Gasteiger charge is 2.33. The second kappa shape index (κ2) is 4.74. The average molecular weight is 284 g/mol. The molecule has 0 saturated carbocycles. The summed E-state index contributed by atoms with van der Waals surface area (Å²) in [6.45, 7) is 4.28. The van der Waals surface area contributed by atoms with Crippen molar-refractivity contribution in [2.24, 2.45) is 0 Å². The van der Waals surface area contributed by atoms with Gasteiger partial charge in [-0.3, -0.25) is 4.79 Å². The first-order valence-corrected chi connectivity index (χ1v) is 8.10. The third kappa shape index (κ3) is 2.12. The number of thiazole rings is 1. The molecule has 1 fully saturated rings. The lowest BCUT2D eigenvalue weighted by atomic mass is 10.1. The highest BCUT2D eigenvalue weighted by molar-refractivity contribution is 8.00. The van der Waals surface area contributed by atoms with E-state index in [0.29, 0.717) is 5.25 Å². The molecule has 2 heterocycles. The molecule has 2 unspecified atom stereocenters. The SMILES string of the molecule is CC1CN(c2nc3c(s2)CCC3C(=O)O)CCS1. The Hall–Kier alpha value is -0.750. The van der Waals surface area contributed by atoms with Gasteiger partial charge < -0.3 is 10.0 Å². The fraction of sp³-hybridized carbons (Fsp3) is 0.667. The standard InChI is InChI=1S/C12H16N2O2S2/c1-7-6-14(4-5-17-7)12-13-10-8(11(15)16)2-3-9(10)18-12/h7-8H,2-6H2,1H3,(H,15,16). The van der Waals surface area contributed by atoms with E-state index in [1.54, 1.807) is 11.3 Å². The molecule has 1 N–H and O–H groups in total. The first kappa shape index (κ1) is 12.3. The quantitative estimate of drug-likeness (QED) is 0.902. The van der Waals surface area contributed by atoms with Gasteiger partial charge in [0.1, 0.15) is 5.92 Å². The van der Waals surface area contributed by atoms with E-state index < -0.39 is 5.97 Å². The molecule has 0 amide bonds. The Labute approximate surface area is 114 Å². The second-order valence-electron chi connectivity index (χ2n) is 4.86. The fourth-order valence-electron chi connectivity index (χ4n) is 2.58. The van der Waals surface area contributed by atoms with Gasteiger partial charge in [-0.25, -0.2) is 4.98 Å². The number of aryl methyl sites for hydroxylation is 1. The van der Waals surface area contributed by atoms with Crippen LogP contribution in [0.3, 0.4) is 0 Å². The zero-order valence-electron chi connectivity index (χ0n) is 10.3. The maximum Gasteiger partial charge on any atom is 0.312 e. The van der Waals surface area contributed by atoms with Crippen LogP contribution < -0.4 is 4.90 Å². The van der Waals surface area contributed by atoms with Gasteiger partial charge in [0.15, 0.2) is 5.13 Å². The highest BCUT2D eigenvalue weighted by Crippen LogP contribution is 2.40. The first-order valence-electron chi connectivity index (χ1n) is 6.24. The number of rotatable bonds is 2. The molecule has 3 rings (SSSR count). The largest absolute Gasteiger partial charge is 0.481 e. The molecule has 18 heavy (non-hydrogen) atoms. The highest BCUT2D eigenvalue weighted by atomic mass is 32.2. The predicted octanol–water partition coefficient (Wildman–Crippen LogP) is 2.20. The third-order valence-corrected chi connectivity index (χ3v) is 5.84. The lowest BCUT2D eigenvalue weighted by molar-refractivity contribution is -0.138. The smallest absolute Gasteiger partial charge is 0.312 e. The summed E-state index contributed by atoms with van der Waals surface area (Å²) in [4.78, 5) is 19.2. The Bertz CT molecular complexity index is 475. The molecule has 0 aromatic carbocycles. The van der Waals surface area contributed by atoms with Crippen LogP contribution in [0.25, 0.3) is 0 Å². The number of fused-ring (bicyclic) bond motifs is 1. The minimum atomic E-state index is -0.729. The minimum absolute atomic E-state index is 0.374. The normalized spacial score (nSPS) is 27.3. The van der Waals surface area contributed by atoms with Crippen LogP contribution >= 0.6 is 23.1 Å². The van der Waals surface area contributed by atoms with Crippen LogP contribution in [0.4, 0.5) is 5.13 Å². The van der Waals surface area contributed by atoms with E-state index in [9.17, 15) is 4.79 Å². The number of nitrogens with zero attached hydrogens (tertiary/aromatic N) is 2. The first-order chi connectivity index (χ1) is 8.65. The van der Waals surface area contributed by atoms with Gasteiger partial charge in [0.05, 0.1) is 5.69 Å². The second-order valence-corrected chi connectivity index (χ2v) is 7.47. The Morgan fingerprint density at radius 1 is 1.56 bits per heavy atom. The predicted molar refractivity (Wildman–Crippen MR) is 74.9 cm³/mol. The summed E-state index contributed by atoms with van der Waals surface area (Å²) in [7, 11) is 0. The number of aromatic nitrogens is 1. The molecule has 1 aliphatic heterocycles. The molecule has 0 bridgehead atoms. The minimum Gasteiger partial charge on any atom is -0.481 e. The molecule has 1 saturated heterocycles. The zero-order chi connectivity index (χ0) is 12.7. The molecule has 4 nitrogen and oxygen atoms in total. The molecule has 1 aromatic heterocycles. The van der Waals surface area contributed by atoms with E-state index in [0.717, 1.165) is 42.5 Å². The summed E-state index contributed by atoms with van der Waals surface area (Å²) in [5.74, 6) is 0.0306. The van der Waals surface area contributed by atoms with Crippen molar-refractivity contribution in [3.63, 3.8) is 0 Å². The summed E-state index contributed by atoms with van der Waals surface area (Å²) in [6, 6.07) is 0. The van der Waals surface area contributed by atoms with Crippen molar-refractivity contribution in [3.8, 4) is 0 Å². The van der Waals surface area contributed by atoms with Crippen molar-refractivity contribution < 1.29 is 9.90 Å². The number of carboxylic acid groups (broad SMARTS) is 1. The van der Waals surface area contributed by atoms with E-state index in [2.05, 4.69) is 16.8 Å². The summed E-state index contributed by atoms with van der Waals surface area (Å²) in [5.41, 5.74) is 0.827. The molecule has 0 radical (unpaired) electrons. The van der Waals surface area contributed by atoms with E-state index in [1.807, 2.05) is 11.8 Å². The van der Waals surface area contributed by atoms with Gasteiger partial charge in [-0.15, -0.1) is 11.3 Å². The molecule has 6 heteroatoms. The maximum absolute atomic E-state index is 11.1. The number of thioether (sulfide) groups is 1. The molecule has 98 valence electrons. The maximum atomic E-state index is 11.1. The zero-order valence-corrected chi connectivity index (χ0v) is 11.9. The summed E-state index contributed by atoms with van der Waals surface area (Å²) in [6.07, 6.45) is 1.60. The number of hydrogen-bond donors (Lipinski definition) is 1. The molecule has 2 atom stereocenters. The molecule has 1 aromatic rings. The van der Waals surface area contributed by atoms with Gasteiger partial charge in [-0.1, -0.05) is 6.92 Å². The van der Waals surface area contributed by atoms with E-state index >= 15 is 0 Å². The Morgan fingerprint density at radius 2 is 2.39 bits per heavy atom. The van der Waals surface area contributed by atoms with Crippen molar-refractivity contribution in [1.29, 1.82) is 0 Å². The van der Waals surface area contributed by atoms with Crippen molar-refractivity contribution in [3.05, 3.63) is 10.6 Å². The number of aliphatic carboxylic acids is 1. The molecular weight excluding hydrogens is 268 g/mol. The Morgan fingerprint density at radius 3 is 3.11 bits per heavy atom. The van der Waals surface area contributed by atoms with Crippen LogP contribution in [0.2, 0.25) is 0 Å². The van der Waals surface area contributed by atoms with Crippen molar-refractivity contribution >= 4 is 34.2 Å². The average Bonchev–Trinajstić information content (AvgIpc) is 2.87. The van der Waals surface area contributed by atoms with E-state index in [1.165, 1.54) is 4.88 Å². The summed E-state index contributed by atoms with van der Waals surface area (Å²) >= 11 is 3.69. The lowest BCUT2D eigenvalue weighted by Crippen LogP contribution is -2.36. The van der Waals surface area contributed by atoms with Crippen molar-refractivity contribution in [2.75, 3.05) is 23.7 Å². The number of anilines is 1. The van der Waals surface area contributed by atoms with Crippen molar-refractivity contribution in [2.45, 2.75) is 30.9 Å². The Balaban J connectivity index is 1.83.